The Hall–Kier alpha value is -2.84. The number of aliphatic carboxylic acids is 1. The largest absolute Gasteiger partial charge is 0.480 e. The van der Waals surface area contributed by atoms with Gasteiger partial charge in [0.2, 0.25) is 0 Å². The van der Waals surface area contributed by atoms with Gasteiger partial charge >= 0.3 is 5.97 Å². The zero-order chi connectivity index (χ0) is 19.1. The highest BCUT2D eigenvalue weighted by Gasteiger charge is 2.38. The third-order valence-electron chi connectivity index (χ3n) is 4.14. The first-order valence-electron chi connectivity index (χ1n) is 8.02. The van der Waals surface area contributed by atoms with Crippen LogP contribution in [0.1, 0.15) is 12.7 Å². The van der Waals surface area contributed by atoms with E-state index in [1.165, 1.54) is 6.92 Å². The van der Waals surface area contributed by atoms with Gasteiger partial charge in [0, 0.05) is 11.5 Å². The van der Waals surface area contributed by atoms with Crippen molar-refractivity contribution >= 4 is 57.2 Å². The molecule has 27 heavy (non-hydrogen) atoms. The van der Waals surface area contributed by atoms with Crippen molar-refractivity contribution in [3.8, 4) is 11.5 Å². The minimum Gasteiger partial charge on any atom is -0.480 e. The number of thioether (sulfide) groups is 1. The zero-order valence-electron chi connectivity index (χ0n) is 14.0. The molecule has 3 heterocycles. The first-order chi connectivity index (χ1) is 12.9. The van der Waals surface area contributed by atoms with Crippen LogP contribution in [-0.4, -0.2) is 32.2 Å². The van der Waals surface area contributed by atoms with Crippen LogP contribution in [0.2, 0.25) is 0 Å². The summed E-state index contributed by atoms with van der Waals surface area (Å²) < 4.78 is 11.8. The van der Waals surface area contributed by atoms with E-state index in [-0.39, 0.29) is 4.32 Å². The van der Waals surface area contributed by atoms with Gasteiger partial charge in [-0.05, 0) is 31.2 Å². The van der Waals surface area contributed by atoms with Gasteiger partial charge in [-0.1, -0.05) is 42.2 Å². The van der Waals surface area contributed by atoms with Crippen LogP contribution in [0.25, 0.3) is 28.6 Å². The molecule has 1 saturated heterocycles. The van der Waals surface area contributed by atoms with Gasteiger partial charge in [-0.2, -0.15) is 0 Å². The van der Waals surface area contributed by atoms with E-state index >= 15 is 0 Å². The lowest BCUT2D eigenvalue weighted by Crippen LogP contribution is -2.41. The van der Waals surface area contributed by atoms with Crippen LogP contribution in [0, 0.1) is 0 Å². The summed E-state index contributed by atoms with van der Waals surface area (Å²) in [6.07, 6.45) is 1.56. The molecule has 1 aromatic carbocycles. The van der Waals surface area contributed by atoms with Crippen LogP contribution in [0.4, 0.5) is 0 Å². The first-order valence-corrected chi connectivity index (χ1v) is 9.25. The third-order valence-corrected chi connectivity index (χ3v) is 5.47. The predicted octanol–water partition coefficient (Wildman–Crippen LogP) is 4.37. The fourth-order valence-electron chi connectivity index (χ4n) is 2.72. The standard InChI is InChI=1S/C19H13NO5S2/c1-10(18(22)23)20-17(21)16(27-19(20)26)9-12-6-7-14(24-12)15-8-11-4-2-3-5-13(11)25-15/h2-10H,1H3,(H,22,23). The number of carboxylic acid groups (broad SMARTS) is 1. The van der Waals surface area contributed by atoms with Crippen LogP contribution in [0.5, 0.6) is 0 Å². The highest BCUT2D eigenvalue weighted by atomic mass is 32.2. The van der Waals surface area contributed by atoms with Crippen molar-refractivity contribution in [1.29, 1.82) is 0 Å². The molecule has 2 aromatic heterocycles. The number of hydrogen-bond donors (Lipinski definition) is 1. The Morgan fingerprint density at radius 1 is 1.22 bits per heavy atom. The lowest BCUT2D eigenvalue weighted by atomic mass is 10.2. The van der Waals surface area contributed by atoms with Gasteiger partial charge in [-0.15, -0.1) is 0 Å². The lowest BCUT2D eigenvalue weighted by Gasteiger charge is -2.18. The molecule has 1 aliphatic rings. The van der Waals surface area contributed by atoms with Crippen molar-refractivity contribution in [3.05, 3.63) is 53.1 Å². The number of thiocarbonyl (C=S) groups is 1. The van der Waals surface area contributed by atoms with E-state index in [9.17, 15) is 9.59 Å². The van der Waals surface area contributed by atoms with E-state index in [1.807, 2.05) is 30.3 Å². The molecular weight excluding hydrogens is 386 g/mol. The Labute approximate surface area is 163 Å². The maximum absolute atomic E-state index is 12.5. The molecule has 8 heteroatoms. The van der Waals surface area contributed by atoms with Crippen LogP contribution < -0.4 is 0 Å². The van der Waals surface area contributed by atoms with Crippen molar-refractivity contribution in [3.63, 3.8) is 0 Å². The average Bonchev–Trinajstić information content (AvgIpc) is 3.32. The molecule has 1 unspecified atom stereocenters. The molecule has 1 amide bonds. The number of nitrogens with zero attached hydrogens (tertiary/aromatic N) is 1. The maximum Gasteiger partial charge on any atom is 0.326 e. The fraction of sp³-hybridized carbons (Fsp3) is 0.105. The van der Waals surface area contributed by atoms with Crippen LogP contribution in [-0.2, 0) is 9.59 Å². The van der Waals surface area contributed by atoms with E-state index in [0.29, 0.717) is 22.2 Å². The molecule has 0 saturated carbocycles. The number of carboxylic acids is 1. The van der Waals surface area contributed by atoms with Crippen LogP contribution >= 0.6 is 24.0 Å². The summed E-state index contributed by atoms with van der Waals surface area (Å²) in [6.45, 7) is 1.42. The molecule has 4 rings (SSSR count). The molecule has 6 nitrogen and oxygen atoms in total. The van der Waals surface area contributed by atoms with Crippen molar-refractivity contribution < 1.29 is 23.5 Å². The summed E-state index contributed by atoms with van der Waals surface area (Å²) >= 11 is 6.20. The molecule has 0 radical (unpaired) electrons. The SMILES string of the molecule is CC(C(=O)O)N1C(=O)C(=Cc2ccc(-c3cc4ccccc4o3)o2)SC1=S. The van der Waals surface area contributed by atoms with E-state index < -0.39 is 17.9 Å². The number of rotatable bonds is 4. The monoisotopic (exact) mass is 399 g/mol. The number of hydrogen-bond acceptors (Lipinski definition) is 6. The van der Waals surface area contributed by atoms with Crippen molar-refractivity contribution in [2.75, 3.05) is 0 Å². The number of para-hydroxylation sites is 1. The van der Waals surface area contributed by atoms with Gasteiger partial charge in [0.05, 0.1) is 4.91 Å². The molecule has 1 aliphatic heterocycles. The number of carbonyl (C=O) groups excluding carboxylic acids is 1. The smallest absolute Gasteiger partial charge is 0.326 e. The minimum atomic E-state index is -1.11. The van der Waals surface area contributed by atoms with Gasteiger partial charge in [0.25, 0.3) is 5.91 Å². The van der Waals surface area contributed by atoms with Crippen molar-refractivity contribution in [1.82, 2.24) is 4.90 Å². The van der Waals surface area contributed by atoms with E-state index in [4.69, 9.17) is 26.2 Å². The van der Waals surface area contributed by atoms with Gasteiger partial charge in [0.15, 0.2) is 11.5 Å². The second kappa shape index (κ2) is 6.71. The van der Waals surface area contributed by atoms with E-state index in [2.05, 4.69) is 0 Å². The first kappa shape index (κ1) is 17.6. The highest BCUT2D eigenvalue weighted by Crippen LogP contribution is 2.35. The Morgan fingerprint density at radius 3 is 2.74 bits per heavy atom. The van der Waals surface area contributed by atoms with E-state index in [1.54, 1.807) is 18.2 Å². The topological polar surface area (TPSA) is 83.9 Å². The number of benzene rings is 1. The average molecular weight is 399 g/mol. The Kier molecular flexibility index (Phi) is 4.37. The summed E-state index contributed by atoms with van der Waals surface area (Å²) in [5, 5.41) is 10.1. The highest BCUT2D eigenvalue weighted by molar-refractivity contribution is 8.26. The molecule has 0 spiro atoms. The summed E-state index contributed by atoms with van der Waals surface area (Å²) in [4.78, 5) is 25.1. The zero-order valence-corrected chi connectivity index (χ0v) is 15.7. The van der Waals surface area contributed by atoms with Crippen molar-refractivity contribution in [2.24, 2.45) is 0 Å². The second-order valence-corrected chi connectivity index (χ2v) is 7.59. The van der Waals surface area contributed by atoms with Crippen LogP contribution in [0.3, 0.4) is 0 Å². The molecule has 0 bridgehead atoms. The predicted molar refractivity (Wildman–Crippen MR) is 106 cm³/mol. The summed E-state index contributed by atoms with van der Waals surface area (Å²) in [5.41, 5.74) is 0.758. The summed E-state index contributed by atoms with van der Waals surface area (Å²) in [7, 11) is 0. The lowest BCUT2D eigenvalue weighted by molar-refractivity contribution is -0.144. The molecule has 3 aromatic rings. The number of fused-ring (bicyclic) bond motifs is 1. The quantitative estimate of drug-likeness (QED) is 0.515. The van der Waals surface area contributed by atoms with Gasteiger partial charge < -0.3 is 13.9 Å². The fourth-order valence-corrected chi connectivity index (χ4v) is 4.12. The second-order valence-electron chi connectivity index (χ2n) is 5.92. The summed E-state index contributed by atoms with van der Waals surface area (Å²) in [5.74, 6) is 0.0166. The molecule has 1 atom stereocenters. The number of carbonyl (C=O) groups is 2. The van der Waals surface area contributed by atoms with Crippen molar-refractivity contribution in [2.45, 2.75) is 13.0 Å². The molecule has 136 valence electrons. The molecular formula is C19H13NO5S2. The molecule has 0 aliphatic carbocycles. The minimum absolute atomic E-state index is 0.213. The normalized spacial score (nSPS) is 17.2. The number of furan rings is 2. The summed E-state index contributed by atoms with van der Waals surface area (Å²) in [6, 6.07) is 12.0. The maximum atomic E-state index is 12.5. The third kappa shape index (κ3) is 3.17. The van der Waals surface area contributed by atoms with Crippen LogP contribution in [0.15, 0.2) is 56.2 Å². The Bertz CT molecular complexity index is 1080. The molecule has 1 N–H and O–H groups in total. The van der Waals surface area contributed by atoms with Gasteiger partial charge in [-0.3, -0.25) is 9.69 Å². The number of amides is 1. The van der Waals surface area contributed by atoms with Gasteiger partial charge in [0.1, 0.15) is 21.7 Å². The van der Waals surface area contributed by atoms with E-state index in [0.717, 1.165) is 27.6 Å². The van der Waals surface area contributed by atoms with Gasteiger partial charge in [-0.25, -0.2) is 4.79 Å². The Morgan fingerprint density at radius 2 is 2.00 bits per heavy atom. The Balaban J connectivity index is 1.61. The molecule has 1 fully saturated rings.